The first-order valence-electron chi connectivity index (χ1n) is 13.6. The predicted molar refractivity (Wildman–Crippen MR) is 166 cm³/mol. The molecule has 1 saturated carbocycles. The molecule has 13 heteroatoms. The van der Waals surface area contributed by atoms with E-state index in [0.717, 1.165) is 44.3 Å². The predicted octanol–water partition coefficient (Wildman–Crippen LogP) is 3.77. The number of nitrogens with zero attached hydrogens (tertiary/aromatic N) is 4. The monoisotopic (exact) mass is 837 g/mol. The van der Waals surface area contributed by atoms with Crippen molar-refractivity contribution in [3.8, 4) is 5.82 Å². The van der Waals surface area contributed by atoms with Crippen LogP contribution in [0.5, 0.6) is 0 Å². The van der Waals surface area contributed by atoms with E-state index in [2.05, 4.69) is 25.7 Å². The quantitative estimate of drug-likeness (QED) is 0.183. The Morgan fingerprint density at radius 3 is 2.48 bits per heavy atom. The Morgan fingerprint density at radius 2 is 1.77 bits per heavy atom. The van der Waals surface area contributed by atoms with Gasteiger partial charge in [0.1, 0.15) is 0 Å². The van der Waals surface area contributed by atoms with Crippen molar-refractivity contribution in [2.24, 2.45) is 0 Å². The molecule has 44 heavy (non-hydrogen) atoms. The molecule has 5 aromatic rings. The summed E-state index contributed by atoms with van der Waals surface area (Å²) in [6, 6.07) is 19.2. The molecule has 2 amide bonds. The van der Waals surface area contributed by atoms with E-state index in [4.69, 9.17) is 11.6 Å². The van der Waals surface area contributed by atoms with Gasteiger partial charge in [-0.3, -0.25) is 4.98 Å². The second kappa shape index (κ2) is 11.3. The third-order valence-corrected chi connectivity index (χ3v) is 11.0. The summed E-state index contributed by atoms with van der Waals surface area (Å²) in [6.45, 7) is 0. The van der Waals surface area contributed by atoms with Crippen LogP contribution in [0.1, 0.15) is 54.6 Å². The van der Waals surface area contributed by atoms with Gasteiger partial charge in [-0.1, -0.05) is 12.1 Å². The molecule has 1 aliphatic heterocycles. The molecule has 0 spiro atoms. The van der Waals surface area contributed by atoms with Gasteiger partial charge in [0, 0.05) is 6.20 Å². The van der Waals surface area contributed by atoms with Crippen molar-refractivity contribution in [2.75, 3.05) is 9.74 Å². The van der Waals surface area contributed by atoms with Crippen LogP contribution in [-0.2, 0) is 9.47 Å². The van der Waals surface area contributed by atoms with Gasteiger partial charge in [0.05, 0.1) is 5.69 Å². The summed E-state index contributed by atoms with van der Waals surface area (Å²) in [4.78, 5) is 36.7. The Morgan fingerprint density at radius 1 is 1.02 bits per heavy atom. The Labute approximate surface area is 279 Å². The molecule has 7 rings (SSSR count). The van der Waals surface area contributed by atoms with E-state index in [-0.39, 0.29) is 43.2 Å². The molecule has 224 valence electrons. The number of carbonyl (C=O) groups is 2. The summed E-state index contributed by atoms with van der Waals surface area (Å²) in [5.74, 6) is -0.877. The second-order valence-electron chi connectivity index (χ2n) is 10.6. The van der Waals surface area contributed by atoms with Crippen molar-refractivity contribution in [3.63, 3.8) is 0 Å². The number of rotatable bonds is 8. The molecule has 1 atom stereocenters. The first-order chi connectivity index (χ1) is 21.1. The van der Waals surface area contributed by atoms with Gasteiger partial charge < -0.3 is 0 Å². The summed E-state index contributed by atoms with van der Waals surface area (Å²) in [7, 11) is 0. The van der Waals surface area contributed by atoms with Gasteiger partial charge >= 0.3 is 227 Å². The first kappa shape index (κ1) is 29.5. The molecule has 2 N–H and O–H groups in total. The van der Waals surface area contributed by atoms with Crippen molar-refractivity contribution < 1.29 is 39.6 Å². The summed E-state index contributed by atoms with van der Waals surface area (Å²) < 4.78 is 28.2. The molecule has 3 aromatic heterocycles. The molecule has 2 fully saturated rings. The van der Waals surface area contributed by atoms with Crippen LogP contribution < -0.4 is 31.8 Å². The van der Waals surface area contributed by atoms with Crippen LogP contribution in [0, 0.1) is 0 Å². The molecule has 0 radical (unpaired) electrons. The van der Waals surface area contributed by atoms with E-state index in [9.17, 15) is 18.4 Å². The van der Waals surface area contributed by atoms with E-state index < -0.39 is 27.0 Å². The van der Waals surface area contributed by atoms with Gasteiger partial charge in [-0.25, -0.2) is 0 Å². The molecule has 2 aromatic carbocycles. The molecule has 2 aliphatic rings. The third kappa shape index (κ3) is 5.55. The third-order valence-electron chi connectivity index (χ3n) is 7.62. The maximum absolute atomic E-state index is 14.5. The van der Waals surface area contributed by atoms with Crippen LogP contribution in [0.4, 0.5) is 14.5 Å². The van der Waals surface area contributed by atoms with Gasteiger partial charge in [0.2, 0.25) is 0 Å². The van der Waals surface area contributed by atoms with Crippen molar-refractivity contribution in [2.45, 2.75) is 26.2 Å². The number of fused-ring (bicyclic) bond motifs is 1. The molecule has 1 aliphatic carbocycles. The van der Waals surface area contributed by atoms with Crippen LogP contribution in [0.3, 0.4) is 0 Å². The van der Waals surface area contributed by atoms with Crippen molar-refractivity contribution in [3.05, 3.63) is 112 Å². The Bertz CT molecular complexity index is 1940. The normalized spacial score (nSPS) is 17.0. The number of nitrogens with one attached hydrogen (secondary N) is 2. The topological polar surface area (TPSA) is 102 Å². The molecule has 8 nitrogen and oxygen atoms in total. The number of benzene rings is 2. The number of amides is 2. The summed E-state index contributed by atoms with van der Waals surface area (Å²) in [5, 5.41) is 11.5. The summed E-state index contributed by atoms with van der Waals surface area (Å²) >= 11 is 7.82. The van der Waals surface area contributed by atoms with Crippen LogP contribution in [0.15, 0.2) is 79.1 Å². The molecular formula is C31H22ClF2I2N6O2-. The number of alkyl halides is 5. The zero-order valence-electron chi connectivity index (χ0n) is 22.7. The standard InChI is InChI=1S/C31H22ClF2I2N6O2/c32-25-18-7-2-1-6-17(18)14-20(28(43)40-30(10-11-30)23-9-3-4-12-37-23)26(25)39-29(44)22-15-24(31(33,34)35)41-42(22)27-19(21-16-36-21)8-5-13-38-27/h1-9,12-15,21H,10-11,16H2,(H,39,44)(H,40,43)/q-1. The number of pyridine rings is 2. The number of aromatic nitrogens is 4. The SMILES string of the molecule is O=C(NC1(c2ccccn2)CC1)c1cc2ccccc2c(Cl)c1NC(=O)c1cc(C(F)(F)I)nn1-c1ncccc1C1C[I-]1. The summed E-state index contributed by atoms with van der Waals surface area (Å²) in [6.07, 6.45) is 4.64. The fourth-order valence-electron chi connectivity index (χ4n) is 5.17. The van der Waals surface area contributed by atoms with Crippen LogP contribution in [-0.4, -0.2) is 36.0 Å². The zero-order valence-corrected chi connectivity index (χ0v) is 27.8. The number of anilines is 1. The Balaban J connectivity index is 1.31. The number of hydrogen-bond donors (Lipinski definition) is 2. The number of hydrogen-bond acceptors (Lipinski definition) is 5. The average molecular weight is 838 g/mol. The van der Waals surface area contributed by atoms with E-state index in [0.29, 0.717) is 33.4 Å². The average Bonchev–Trinajstić information content (AvgIpc) is 3.96. The fourth-order valence-corrected chi connectivity index (χ4v) is 7.44. The maximum atomic E-state index is 14.5. The Hall–Kier alpha value is -3.24. The van der Waals surface area contributed by atoms with Gasteiger partial charge in [-0.2, -0.15) is 0 Å². The minimum atomic E-state index is -3.34. The van der Waals surface area contributed by atoms with Crippen molar-refractivity contribution >= 4 is 62.5 Å². The zero-order chi connectivity index (χ0) is 30.6. The van der Waals surface area contributed by atoms with E-state index in [1.54, 1.807) is 36.7 Å². The van der Waals surface area contributed by atoms with Gasteiger partial charge in [-0.15, -0.1) is 0 Å². The van der Waals surface area contributed by atoms with Crippen LogP contribution in [0.25, 0.3) is 16.6 Å². The van der Waals surface area contributed by atoms with Gasteiger partial charge in [-0.05, 0) is 25.0 Å². The van der Waals surface area contributed by atoms with Crippen molar-refractivity contribution in [1.29, 1.82) is 0 Å². The first-order valence-corrected chi connectivity index (χ1v) is 17.8. The van der Waals surface area contributed by atoms with Gasteiger partial charge in [0.15, 0.2) is 0 Å². The number of carbonyl (C=O) groups excluding carboxylic acids is 2. The molecular weight excluding hydrogens is 816 g/mol. The van der Waals surface area contributed by atoms with E-state index >= 15 is 0 Å². The summed E-state index contributed by atoms with van der Waals surface area (Å²) in [5.41, 5.74) is 0.445. The fraction of sp³-hybridized carbons (Fsp3) is 0.194. The van der Waals surface area contributed by atoms with Crippen LogP contribution in [0.2, 0.25) is 5.02 Å². The second-order valence-corrected chi connectivity index (χ2v) is 15.6. The Kier molecular flexibility index (Phi) is 7.56. The van der Waals surface area contributed by atoms with Crippen LogP contribution >= 0.6 is 34.2 Å². The van der Waals surface area contributed by atoms with Gasteiger partial charge in [0.25, 0.3) is 0 Å². The molecule has 1 saturated heterocycles. The van der Waals surface area contributed by atoms with Crippen molar-refractivity contribution in [1.82, 2.24) is 25.1 Å². The number of halogens is 5. The molecule has 1 unspecified atom stereocenters. The van der Waals surface area contributed by atoms with E-state index in [1.165, 1.54) is 4.68 Å². The molecule has 0 bridgehead atoms. The van der Waals surface area contributed by atoms with E-state index in [1.807, 2.05) is 36.4 Å². The minimum absolute atomic E-state index is 0.0514. The molecule has 4 heterocycles.